The topological polar surface area (TPSA) is 405 Å². The van der Waals surface area contributed by atoms with Gasteiger partial charge in [0.15, 0.2) is 115 Å². The van der Waals surface area contributed by atoms with Gasteiger partial charge in [0, 0.05) is 17.6 Å². The Labute approximate surface area is 1090 Å². The normalized spacial score (nSPS) is 11.4. The van der Waals surface area contributed by atoms with Gasteiger partial charge in [0.2, 0.25) is 63.2 Å². The van der Waals surface area contributed by atoms with Crippen LogP contribution in [0, 0.1) is 14.9 Å². The number of ketones is 6. The zero-order valence-electron chi connectivity index (χ0n) is 83.1. The zero-order valence-corrected chi connectivity index (χ0v) is 125. The van der Waals surface area contributed by atoms with Gasteiger partial charge in [0.1, 0.15) is 78.7 Å². The first kappa shape index (κ1) is 159. The van der Waals surface area contributed by atoms with E-state index in [0.29, 0.717) is 208 Å². The fourth-order valence-corrected chi connectivity index (χ4v) is 10.8. The second kappa shape index (κ2) is 96.5. The summed E-state index contributed by atoms with van der Waals surface area (Å²) in [6, 6.07) is 17.0. The fourth-order valence-electron chi connectivity index (χ4n) is 10.5. The van der Waals surface area contributed by atoms with Gasteiger partial charge in [-0.25, -0.2) is 0 Å². The number of carbonyl (C=O) groups excluding carboxylic acids is 7. The van der Waals surface area contributed by atoms with E-state index in [4.69, 9.17) is 110 Å². The molecule has 145 heavy (non-hydrogen) atoms. The molecule has 832 valence electrons. The number of carbonyl (C=O) groups is 7. The van der Waals surface area contributed by atoms with Crippen molar-refractivity contribution in [3.05, 3.63) is 115 Å². The minimum atomic E-state index is -0.664. The van der Waals surface area contributed by atoms with Crippen molar-refractivity contribution in [2.75, 3.05) is 164 Å². The molecule has 0 unspecified atom stereocenters. The van der Waals surface area contributed by atoms with E-state index in [9.17, 15) is 43.8 Å². The SMILES string of the molecule is BrCCBr.CC.CC(=O)c1ccc(O)c(O)c1O.CC(=O)c1ccc2c(c1O)OCCO2.CC(I)(I)I.CC(I)I.CCI.CCI.CI.CI.COc1c(C(=O)CBr)cc2c(c1OC)OCCO2.COc1c(C(C)=O)cc2c(c1OC)OCCO2.COc1c(C(C)=O)ccc2c1OCCO2.COc1c(O)c(C(C)=O)cc2c1OCCO2.COc1c(OC(C)=O)ccc2c1OCCO2.[Br][Cu][Br].[CH3-].[CH3-].[I][V]([I])[I].[I][V][I]. The molecule has 0 atom stereocenters. The number of ether oxygens (including phenoxy) is 20. The van der Waals surface area contributed by atoms with E-state index in [2.05, 4.69) is 407 Å². The molecule has 32 nitrogen and oxygen atoms in total. The maximum atomic E-state index is 11.9. The average Bonchev–Trinajstić information content (AvgIpc) is 0.786. The number of benzene rings is 7. The first-order valence-electron chi connectivity index (χ1n) is 40.5. The summed E-state index contributed by atoms with van der Waals surface area (Å²) in [5.74, 6) is 5.04. The number of aromatic hydroxyl groups is 5. The van der Waals surface area contributed by atoms with Crippen LogP contribution in [0.2, 0.25) is 0 Å². The Morgan fingerprint density at radius 3 is 0.945 bits per heavy atom. The summed E-state index contributed by atoms with van der Waals surface area (Å²) >= 11 is 49.6. The molecule has 0 aliphatic carbocycles. The van der Waals surface area contributed by atoms with Gasteiger partial charge in [-0.15, -0.1) is 0 Å². The zero-order chi connectivity index (χ0) is 111. The predicted molar refractivity (Wildman–Crippen MR) is 701 cm³/mol. The van der Waals surface area contributed by atoms with Crippen LogP contribution < -0.4 is 94.7 Å². The third-order valence-corrected chi connectivity index (χ3v) is 17.8. The molecule has 0 spiro atoms. The Balaban J connectivity index is -0.000000290. The molecule has 0 saturated carbocycles. The van der Waals surface area contributed by atoms with Gasteiger partial charge in [-0.1, -0.05) is 279 Å². The summed E-state index contributed by atoms with van der Waals surface area (Å²) in [6.45, 7) is 26.2. The van der Waals surface area contributed by atoms with Crippen molar-refractivity contribution in [1.29, 1.82) is 0 Å². The molecule has 0 aromatic heterocycles. The Hall–Kier alpha value is 1.54. The number of methoxy groups -OCH3 is 7. The first-order valence-corrected chi connectivity index (χ1v) is 84.2. The Morgan fingerprint density at radius 1 is 0.400 bits per heavy atom. The quantitative estimate of drug-likeness (QED) is 0.00876. The summed E-state index contributed by atoms with van der Waals surface area (Å²) in [5.41, 5.74) is 1.77. The molecule has 0 saturated heterocycles. The van der Waals surface area contributed by atoms with Gasteiger partial charge in [0.05, 0.1) is 90.4 Å². The standard InChI is InChI=1S/C12H13BrO5.C12H14O5.2C11H12O5.C11H12O4.C10H10O4.C8H8O4.C2H4Br2.C2H3I3.C2H4I2.2C2H5I.C2H6.2CH3I.2CH3.2BrH.Cu.5HI.2V/c1-15-10-7(8(14)6-13)5-9-11(12(10)16-2)18-4-3-17-9;1-7(13)8-6-9-11(17-5-4-16-9)12(15-3)10(8)14-2;1-7(12)16-9-4-3-8-11(10(9)13-2)15-6-5-14-8;1-6(12)7-5-8-10(16-4-3-15-8)11(14-2)9(7)13;1-7(12)8-3-4-9-11(10(8)13-2)15-6-5-14-9;1-6(11)7-2-3-8-10(9(7)12)14-5-4-13-8;1-4(9)5-2-3-6(10)8(12)7(5)11;3-1-2-4;1-2(3,4)5;1-2(3)4;2*1-2-3;3*1-2;;;;;;;;;;;;/h5H,3-4,6H2,1-2H3;6H,4-5H2,1-3H3;3-4H,5-6H2,1-2H3;5,13H,3-4H2,1-2H3;3-4H,5-6H2,1-2H3;2-3,12H,4-5H2,1H3;2-3,10-12H,1H3;1-2H2;1H3;2H,1H3;2*2H2,1H3;1-2H3;2*1H3;2*1H3;2*1H;;5*1H;;/q;;;;;;;;;;;;;;;2*-1;;;+2;;;;;;+2;+3/p-7. The van der Waals surface area contributed by atoms with Crippen molar-refractivity contribution in [2.45, 2.75) is 84.5 Å². The summed E-state index contributed by atoms with van der Waals surface area (Å²) in [5, 5.41) is 48.8. The molecule has 5 N–H and O–H groups in total. The van der Waals surface area contributed by atoms with Crippen LogP contribution in [-0.4, -0.2) is 231 Å². The molecule has 0 fully saturated rings. The molecule has 6 aliphatic heterocycles. The van der Waals surface area contributed by atoms with Crippen LogP contribution in [0.5, 0.6) is 144 Å². The van der Waals surface area contributed by atoms with Gasteiger partial charge in [-0.3, -0.25) is 33.6 Å². The van der Waals surface area contributed by atoms with E-state index < -0.39 is 23.2 Å². The van der Waals surface area contributed by atoms with Gasteiger partial charge in [-0.05, 0) is 134 Å². The van der Waals surface area contributed by atoms with Crippen molar-refractivity contribution < 1.29 is 180 Å². The molecular weight excluding hydrogens is 3950 g/mol. The molecule has 0 amide bonds. The number of phenolic OH excluding ortho intramolecular Hbond substituents is 5. The number of fused-ring (bicyclic) bond motifs is 6. The van der Waals surface area contributed by atoms with Crippen LogP contribution in [0.1, 0.15) is 145 Å². The van der Waals surface area contributed by atoms with Crippen LogP contribution in [-0.2, 0) is 30.5 Å². The number of Topliss-reactive ketones (excluding diaryl/α,β-unsaturated/α-hetero) is 6. The molecule has 7 aromatic carbocycles. The molecule has 54 heteroatoms. The molecule has 0 bridgehead atoms. The number of phenols is 5. The maximum absolute atomic E-state index is 11.9. The van der Waals surface area contributed by atoms with E-state index in [-0.39, 0.29) is 99.5 Å². The van der Waals surface area contributed by atoms with Gasteiger partial charge in [0.25, 0.3) is 0 Å². The van der Waals surface area contributed by atoms with Crippen LogP contribution in [0.15, 0.2) is 66.7 Å². The summed E-state index contributed by atoms with van der Waals surface area (Å²) in [6.07, 6.45) is 0. The summed E-state index contributed by atoms with van der Waals surface area (Å²) < 4.78 is 110. The molecular formula is C91H120Br5CuI14O32V2-2. The second-order valence-electron chi connectivity index (χ2n) is 24.9. The average molecular weight is 4070 g/mol. The monoisotopic (exact) mass is 4060 g/mol. The Morgan fingerprint density at radius 2 is 0.641 bits per heavy atom. The summed E-state index contributed by atoms with van der Waals surface area (Å²) in [4.78, 5) is 82.5. The van der Waals surface area contributed by atoms with Crippen molar-refractivity contribution >= 4 is 420 Å². The van der Waals surface area contributed by atoms with Crippen molar-refractivity contribution in [3.8, 4) is 144 Å². The number of hydrogen-bond donors (Lipinski definition) is 5. The van der Waals surface area contributed by atoms with Gasteiger partial charge >= 0.3 is 160 Å². The van der Waals surface area contributed by atoms with Crippen molar-refractivity contribution in [1.82, 2.24) is 0 Å². The molecule has 0 radical (unpaired) electrons. The van der Waals surface area contributed by atoms with E-state index >= 15 is 0 Å². The van der Waals surface area contributed by atoms with Crippen LogP contribution in [0.3, 0.4) is 0 Å². The third kappa shape index (κ3) is 64.0. The van der Waals surface area contributed by atoms with Crippen molar-refractivity contribution in [2.24, 2.45) is 0 Å². The van der Waals surface area contributed by atoms with E-state index in [1.165, 1.54) is 130 Å². The Kier molecular flexibility index (Phi) is 106. The molecule has 7 aromatic rings. The third-order valence-electron chi connectivity index (χ3n) is 15.4. The molecule has 6 aliphatic rings. The van der Waals surface area contributed by atoms with Crippen LogP contribution in [0.4, 0.5) is 0 Å². The Bertz CT molecular complexity index is 4880. The minimum absolute atomic E-state index is 0. The number of esters is 1. The molecule has 6 heterocycles. The van der Waals surface area contributed by atoms with Crippen LogP contribution >= 0.6 is 379 Å². The molecule has 13 rings (SSSR count). The summed E-state index contributed by atoms with van der Waals surface area (Å²) in [7, 11) is 11.0. The number of rotatable bonds is 16. The van der Waals surface area contributed by atoms with Gasteiger partial charge < -0.3 is 135 Å². The van der Waals surface area contributed by atoms with E-state index in [1.807, 2.05) is 23.7 Å². The number of halogens is 19. The predicted octanol–water partition coefficient (Wildman–Crippen LogP) is 30.5. The second-order valence-corrected chi connectivity index (χ2v) is 101. The van der Waals surface area contributed by atoms with E-state index in [1.54, 1.807) is 42.5 Å². The fraction of sp³-hybridized carbons (Fsp3) is 0.440. The van der Waals surface area contributed by atoms with E-state index in [0.717, 1.165) is 18.7 Å². The number of hydrogen-bond acceptors (Lipinski definition) is 32. The number of alkyl halides is 12. The first-order chi connectivity index (χ1) is 67.8. The van der Waals surface area contributed by atoms with Crippen molar-refractivity contribution in [3.63, 3.8) is 0 Å². The van der Waals surface area contributed by atoms with Crippen LogP contribution in [0.25, 0.3) is 0 Å². The van der Waals surface area contributed by atoms with Gasteiger partial charge in [-0.2, -0.15) is 0 Å².